The molecule has 0 fully saturated rings. The Kier molecular flexibility index (Phi) is 6.33. The number of aryl methyl sites for hydroxylation is 1. The van der Waals surface area contributed by atoms with Crippen molar-refractivity contribution >= 4 is 27.5 Å². The summed E-state index contributed by atoms with van der Waals surface area (Å²) >= 11 is 0. The first-order chi connectivity index (χ1) is 14.0. The average molecular weight is 409 g/mol. The highest BCUT2D eigenvalue weighted by Crippen LogP contribution is 2.15. The van der Waals surface area contributed by atoms with Crippen LogP contribution in [0.1, 0.15) is 11.4 Å². The van der Waals surface area contributed by atoms with Crippen LogP contribution < -0.4 is 15.4 Å². The molecule has 10 heteroatoms. The Morgan fingerprint density at radius 3 is 2.45 bits per heavy atom. The zero-order valence-corrected chi connectivity index (χ0v) is 16.4. The van der Waals surface area contributed by atoms with Crippen LogP contribution in [-0.2, 0) is 10.0 Å². The van der Waals surface area contributed by atoms with Gasteiger partial charge in [0.05, 0.1) is 16.5 Å². The highest BCUT2D eigenvalue weighted by molar-refractivity contribution is 7.89. The first kappa shape index (κ1) is 20.2. The molecule has 1 aromatic carbocycles. The molecule has 0 bridgehead atoms. The Balaban J connectivity index is 1.56. The van der Waals surface area contributed by atoms with Gasteiger partial charge in [-0.05, 0) is 43.3 Å². The van der Waals surface area contributed by atoms with Crippen LogP contribution in [0.2, 0.25) is 0 Å². The minimum atomic E-state index is -3.65. The largest absolute Gasteiger partial charge is 0.369 e. The molecule has 0 aliphatic carbocycles. The van der Waals surface area contributed by atoms with Gasteiger partial charge in [-0.2, -0.15) is 5.26 Å². The van der Waals surface area contributed by atoms with E-state index < -0.39 is 10.0 Å². The van der Waals surface area contributed by atoms with Crippen LogP contribution >= 0.6 is 0 Å². The lowest BCUT2D eigenvalue weighted by Gasteiger charge is -2.11. The van der Waals surface area contributed by atoms with Gasteiger partial charge in [-0.15, -0.1) is 0 Å². The van der Waals surface area contributed by atoms with Crippen molar-refractivity contribution in [3.05, 3.63) is 66.1 Å². The van der Waals surface area contributed by atoms with Crippen LogP contribution in [0.15, 0.2) is 59.6 Å². The summed E-state index contributed by atoms with van der Waals surface area (Å²) in [7, 11) is -3.65. The fraction of sp³-hybridized carbons (Fsp3) is 0.158. The zero-order valence-electron chi connectivity index (χ0n) is 15.6. The lowest BCUT2D eigenvalue weighted by atomic mass is 10.2. The molecule has 0 amide bonds. The maximum Gasteiger partial charge on any atom is 0.240 e. The summed E-state index contributed by atoms with van der Waals surface area (Å²) in [5.41, 5.74) is 0.403. The van der Waals surface area contributed by atoms with Crippen molar-refractivity contribution in [3.63, 3.8) is 0 Å². The van der Waals surface area contributed by atoms with E-state index in [0.29, 0.717) is 35.4 Å². The molecule has 2 heterocycles. The number of hydrogen-bond acceptors (Lipinski definition) is 8. The molecule has 0 spiro atoms. The third-order valence-corrected chi connectivity index (χ3v) is 5.25. The standard InChI is InChI=1S/C19H19N7O2S/c1-14-24-18(12-19(25-14)26-17-4-2-3-9-21-17)22-10-11-23-29(27,28)16-7-5-15(13-20)6-8-16/h2-9,12,23H,10-11H2,1H3,(H2,21,22,24,25,26). The maximum atomic E-state index is 12.3. The fourth-order valence-electron chi connectivity index (χ4n) is 2.46. The zero-order chi connectivity index (χ0) is 20.7. The Labute approximate surface area is 168 Å². The third kappa shape index (κ3) is 5.71. The second kappa shape index (κ2) is 9.09. The molecule has 2 aromatic heterocycles. The van der Waals surface area contributed by atoms with Gasteiger partial charge in [-0.3, -0.25) is 0 Å². The summed E-state index contributed by atoms with van der Waals surface area (Å²) < 4.78 is 27.1. The van der Waals surface area contributed by atoms with Crippen LogP contribution in [-0.4, -0.2) is 36.5 Å². The van der Waals surface area contributed by atoms with Gasteiger partial charge in [0.2, 0.25) is 10.0 Å². The SMILES string of the molecule is Cc1nc(NCCNS(=O)(=O)c2ccc(C#N)cc2)cc(Nc2ccccn2)n1. The van der Waals surface area contributed by atoms with E-state index in [9.17, 15) is 8.42 Å². The molecule has 3 rings (SSSR count). The Hall–Kier alpha value is -3.55. The second-order valence-corrected chi connectivity index (χ2v) is 7.75. The van der Waals surface area contributed by atoms with E-state index in [-0.39, 0.29) is 11.4 Å². The number of rotatable bonds is 8. The van der Waals surface area contributed by atoms with Crippen LogP contribution in [0, 0.1) is 18.3 Å². The van der Waals surface area contributed by atoms with Gasteiger partial charge in [-0.1, -0.05) is 6.07 Å². The first-order valence-electron chi connectivity index (χ1n) is 8.74. The second-order valence-electron chi connectivity index (χ2n) is 5.99. The number of pyridine rings is 1. The quantitative estimate of drug-likeness (QED) is 0.482. The molecular weight excluding hydrogens is 390 g/mol. The minimum absolute atomic E-state index is 0.108. The lowest BCUT2D eigenvalue weighted by molar-refractivity contribution is 0.583. The smallest absolute Gasteiger partial charge is 0.240 e. The number of nitriles is 1. The van der Waals surface area contributed by atoms with E-state index in [0.717, 1.165) is 0 Å². The number of benzene rings is 1. The molecule has 0 unspecified atom stereocenters. The van der Waals surface area contributed by atoms with Gasteiger partial charge in [0.25, 0.3) is 0 Å². The topological polar surface area (TPSA) is 133 Å². The van der Waals surface area contributed by atoms with Crippen LogP contribution in [0.4, 0.5) is 17.5 Å². The Morgan fingerprint density at radius 2 is 1.76 bits per heavy atom. The van der Waals surface area contributed by atoms with Crippen molar-refractivity contribution < 1.29 is 8.42 Å². The molecule has 0 aliphatic heterocycles. The van der Waals surface area contributed by atoms with Crippen molar-refractivity contribution in [2.45, 2.75) is 11.8 Å². The predicted molar refractivity (Wildman–Crippen MR) is 109 cm³/mol. The van der Waals surface area contributed by atoms with E-state index in [4.69, 9.17) is 5.26 Å². The first-order valence-corrected chi connectivity index (χ1v) is 10.2. The molecule has 9 nitrogen and oxygen atoms in total. The molecule has 0 radical (unpaired) electrons. The van der Waals surface area contributed by atoms with Crippen LogP contribution in [0.3, 0.4) is 0 Å². The summed E-state index contributed by atoms with van der Waals surface area (Å²) in [6.45, 7) is 2.26. The van der Waals surface area contributed by atoms with Gasteiger partial charge in [0.15, 0.2) is 0 Å². The lowest BCUT2D eigenvalue weighted by Crippen LogP contribution is -2.29. The normalized spacial score (nSPS) is 10.9. The average Bonchev–Trinajstić information content (AvgIpc) is 2.72. The molecule has 29 heavy (non-hydrogen) atoms. The number of nitrogens with zero attached hydrogens (tertiary/aromatic N) is 4. The van der Waals surface area contributed by atoms with Gasteiger partial charge >= 0.3 is 0 Å². The Morgan fingerprint density at radius 1 is 1.00 bits per heavy atom. The van der Waals surface area contributed by atoms with Crippen molar-refractivity contribution in [1.82, 2.24) is 19.7 Å². The molecule has 148 valence electrons. The Bertz CT molecular complexity index is 1110. The van der Waals surface area contributed by atoms with Crippen LogP contribution in [0.5, 0.6) is 0 Å². The summed E-state index contributed by atoms with van der Waals surface area (Å²) in [5.74, 6) is 2.36. The number of hydrogen-bond donors (Lipinski definition) is 3. The van der Waals surface area contributed by atoms with E-state index >= 15 is 0 Å². The highest BCUT2D eigenvalue weighted by atomic mass is 32.2. The summed E-state index contributed by atoms with van der Waals surface area (Å²) in [6.07, 6.45) is 1.68. The summed E-state index contributed by atoms with van der Waals surface area (Å²) in [4.78, 5) is 12.9. The number of nitrogens with one attached hydrogen (secondary N) is 3. The molecule has 3 aromatic rings. The van der Waals surface area contributed by atoms with Crippen LogP contribution in [0.25, 0.3) is 0 Å². The van der Waals surface area contributed by atoms with Crippen molar-refractivity contribution in [2.75, 3.05) is 23.7 Å². The maximum absolute atomic E-state index is 12.3. The monoisotopic (exact) mass is 409 g/mol. The fourth-order valence-corrected chi connectivity index (χ4v) is 3.49. The van der Waals surface area contributed by atoms with E-state index in [1.807, 2.05) is 24.3 Å². The molecular formula is C19H19N7O2S. The van der Waals surface area contributed by atoms with E-state index in [2.05, 4.69) is 30.3 Å². The number of sulfonamides is 1. The minimum Gasteiger partial charge on any atom is -0.369 e. The van der Waals surface area contributed by atoms with Crippen molar-refractivity contribution in [2.24, 2.45) is 0 Å². The molecule has 0 atom stereocenters. The van der Waals surface area contributed by atoms with E-state index in [1.54, 1.807) is 19.2 Å². The van der Waals surface area contributed by atoms with Gasteiger partial charge in [0.1, 0.15) is 23.3 Å². The van der Waals surface area contributed by atoms with Gasteiger partial charge in [0, 0.05) is 25.4 Å². The molecule has 0 saturated carbocycles. The summed E-state index contributed by atoms with van der Waals surface area (Å²) in [6, 6.07) is 14.9. The highest BCUT2D eigenvalue weighted by Gasteiger charge is 2.13. The summed E-state index contributed by atoms with van der Waals surface area (Å²) in [5, 5.41) is 15.0. The van der Waals surface area contributed by atoms with E-state index in [1.165, 1.54) is 24.3 Å². The van der Waals surface area contributed by atoms with Gasteiger partial charge < -0.3 is 10.6 Å². The van der Waals surface area contributed by atoms with Crippen molar-refractivity contribution in [3.8, 4) is 6.07 Å². The number of anilines is 3. The molecule has 0 saturated heterocycles. The molecule has 0 aliphatic rings. The van der Waals surface area contributed by atoms with Crippen molar-refractivity contribution in [1.29, 1.82) is 5.26 Å². The predicted octanol–water partition coefficient (Wildman–Crippen LogP) is 2.19. The van der Waals surface area contributed by atoms with Gasteiger partial charge in [-0.25, -0.2) is 28.1 Å². The third-order valence-electron chi connectivity index (χ3n) is 3.78. The number of aromatic nitrogens is 3. The molecule has 3 N–H and O–H groups in total.